The Labute approximate surface area is 125 Å². The molecule has 0 aliphatic heterocycles. The molecular weight excluding hydrogens is 301 g/mol. The Morgan fingerprint density at radius 3 is 2.70 bits per heavy atom. The van der Waals surface area contributed by atoms with Crippen LogP contribution in [-0.2, 0) is 4.79 Å². The van der Waals surface area contributed by atoms with Crippen molar-refractivity contribution in [3.05, 3.63) is 52.5 Å². The SMILES string of the molecule is O=C(COc1cc(Cl)ccc1Cl)Nc1ccccc1O. The summed E-state index contributed by atoms with van der Waals surface area (Å²) >= 11 is 11.7. The first kappa shape index (κ1) is 14.5. The maximum atomic E-state index is 11.7. The molecule has 0 fully saturated rings. The Bertz CT molecular complexity index is 632. The Kier molecular flexibility index (Phi) is 4.71. The summed E-state index contributed by atoms with van der Waals surface area (Å²) in [5.41, 5.74) is 0.318. The molecule has 0 aromatic heterocycles. The molecule has 6 heteroatoms. The maximum Gasteiger partial charge on any atom is 0.262 e. The zero-order valence-corrected chi connectivity index (χ0v) is 11.8. The number of nitrogens with one attached hydrogen (secondary N) is 1. The van der Waals surface area contributed by atoms with E-state index in [4.69, 9.17) is 27.9 Å². The normalized spacial score (nSPS) is 10.1. The first-order valence-electron chi connectivity index (χ1n) is 5.72. The van der Waals surface area contributed by atoms with E-state index in [1.165, 1.54) is 12.1 Å². The summed E-state index contributed by atoms with van der Waals surface area (Å²) in [6.45, 7) is -0.242. The van der Waals surface area contributed by atoms with E-state index in [0.29, 0.717) is 21.5 Å². The number of phenolic OH excluding ortho intramolecular Hbond substituents is 1. The lowest BCUT2D eigenvalue weighted by Crippen LogP contribution is -2.20. The van der Waals surface area contributed by atoms with E-state index in [0.717, 1.165) is 0 Å². The van der Waals surface area contributed by atoms with Crippen molar-refractivity contribution in [1.82, 2.24) is 0 Å². The summed E-state index contributed by atoms with van der Waals surface area (Å²) in [5, 5.41) is 12.9. The number of hydrogen-bond donors (Lipinski definition) is 2. The van der Waals surface area contributed by atoms with Gasteiger partial charge in [0.2, 0.25) is 0 Å². The third-order valence-corrected chi connectivity index (χ3v) is 2.98. The summed E-state index contributed by atoms with van der Waals surface area (Å²) in [4.78, 5) is 11.7. The van der Waals surface area contributed by atoms with Crippen LogP contribution in [-0.4, -0.2) is 17.6 Å². The summed E-state index contributed by atoms with van der Waals surface area (Å²) in [6, 6.07) is 11.2. The number of hydrogen-bond acceptors (Lipinski definition) is 3. The average molecular weight is 312 g/mol. The van der Waals surface area contributed by atoms with Crippen molar-refractivity contribution in [3.8, 4) is 11.5 Å². The van der Waals surface area contributed by atoms with Gasteiger partial charge in [0.15, 0.2) is 6.61 Å². The van der Waals surface area contributed by atoms with Crippen LogP contribution in [0.4, 0.5) is 5.69 Å². The van der Waals surface area contributed by atoms with Crippen LogP contribution in [0.15, 0.2) is 42.5 Å². The van der Waals surface area contributed by atoms with Crippen molar-refractivity contribution < 1.29 is 14.6 Å². The van der Waals surface area contributed by atoms with Crippen LogP contribution in [0.3, 0.4) is 0 Å². The zero-order valence-electron chi connectivity index (χ0n) is 10.3. The lowest BCUT2D eigenvalue weighted by Gasteiger charge is -2.09. The monoisotopic (exact) mass is 311 g/mol. The van der Waals surface area contributed by atoms with Gasteiger partial charge in [-0.25, -0.2) is 0 Å². The highest BCUT2D eigenvalue weighted by molar-refractivity contribution is 6.34. The predicted octanol–water partition coefficient (Wildman–Crippen LogP) is 3.72. The third-order valence-electron chi connectivity index (χ3n) is 2.43. The number of carbonyl (C=O) groups excluding carboxylic acids is 1. The third kappa shape index (κ3) is 3.79. The first-order valence-corrected chi connectivity index (χ1v) is 6.47. The molecule has 0 aliphatic carbocycles. The van der Waals surface area contributed by atoms with Crippen LogP contribution in [0, 0.1) is 0 Å². The first-order chi connectivity index (χ1) is 9.56. The molecule has 2 aromatic carbocycles. The molecule has 0 unspecified atom stereocenters. The smallest absolute Gasteiger partial charge is 0.262 e. The molecule has 0 radical (unpaired) electrons. The number of benzene rings is 2. The van der Waals surface area contributed by atoms with Gasteiger partial charge in [-0.1, -0.05) is 35.3 Å². The molecule has 4 nitrogen and oxygen atoms in total. The summed E-state index contributed by atoms with van der Waals surface area (Å²) in [5.74, 6) is -0.101. The van der Waals surface area contributed by atoms with Crippen LogP contribution >= 0.6 is 23.2 Å². The number of amides is 1. The topological polar surface area (TPSA) is 58.6 Å². The molecule has 2 aromatic rings. The fourth-order valence-corrected chi connectivity index (χ4v) is 1.83. The summed E-state index contributed by atoms with van der Waals surface area (Å²) in [7, 11) is 0. The molecule has 0 bridgehead atoms. The van der Waals surface area contributed by atoms with Crippen LogP contribution in [0.25, 0.3) is 0 Å². The number of phenols is 1. The minimum atomic E-state index is -0.414. The van der Waals surface area contributed by atoms with Gasteiger partial charge in [-0.3, -0.25) is 4.79 Å². The van der Waals surface area contributed by atoms with Gasteiger partial charge >= 0.3 is 0 Å². The zero-order chi connectivity index (χ0) is 14.5. The van der Waals surface area contributed by atoms with Gasteiger partial charge in [-0.15, -0.1) is 0 Å². The van der Waals surface area contributed by atoms with Crippen molar-refractivity contribution in [2.45, 2.75) is 0 Å². The van der Waals surface area contributed by atoms with E-state index in [2.05, 4.69) is 5.32 Å². The Morgan fingerprint density at radius 1 is 1.20 bits per heavy atom. The van der Waals surface area contributed by atoms with Gasteiger partial charge in [0.05, 0.1) is 10.7 Å². The molecule has 0 atom stereocenters. The Morgan fingerprint density at radius 2 is 1.95 bits per heavy atom. The molecule has 0 saturated heterocycles. The fraction of sp³-hybridized carbons (Fsp3) is 0.0714. The van der Waals surface area contributed by atoms with Gasteiger partial charge < -0.3 is 15.2 Å². The van der Waals surface area contributed by atoms with E-state index in [9.17, 15) is 9.90 Å². The minimum Gasteiger partial charge on any atom is -0.506 e. The number of aromatic hydroxyl groups is 1. The second-order valence-corrected chi connectivity index (χ2v) is 4.77. The van der Waals surface area contributed by atoms with Crippen LogP contribution in [0.2, 0.25) is 10.0 Å². The standard InChI is InChI=1S/C14H11Cl2NO3/c15-9-5-6-10(16)13(7-9)20-8-14(19)17-11-3-1-2-4-12(11)18/h1-7,18H,8H2,(H,17,19). The molecule has 104 valence electrons. The van der Waals surface area contributed by atoms with E-state index < -0.39 is 5.91 Å². The number of carbonyl (C=O) groups is 1. The van der Waals surface area contributed by atoms with Crippen LogP contribution in [0.5, 0.6) is 11.5 Å². The van der Waals surface area contributed by atoms with E-state index in [1.807, 2.05) is 0 Å². The lowest BCUT2D eigenvalue weighted by molar-refractivity contribution is -0.118. The van der Waals surface area contributed by atoms with Crippen LogP contribution in [0.1, 0.15) is 0 Å². The Hall–Kier alpha value is -1.91. The number of halogens is 2. The second-order valence-electron chi connectivity index (χ2n) is 3.93. The van der Waals surface area contributed by atoms with Gasteiger partial charge in [0.25, 0.3) is 5.91 Å². The van der Waals surface area contributed by atoms with Crippen molar-refractivity contribution in [3.63, 3.8) is 0 Å². The predicted molar refractivity (Wildman–Crippen MR) is 78.7 cm³/mol. The molecule has 0 saturated carbocycles. The highest BCUT2D eigenvalue weighted by Gasteiger charge is 2.08. The fourth-order valence-electron chi connectivity index (χ4n) is 1.50. The van der Waals surface area contributed by atoms with Crippen molar-refractivity contribution in [1.29, 1.82) is 0 Å². The van der Waals surface area contributed by atoms with Gasteiger partial charge in [-0.05, 0) is 24.3 Å². The van der Waals surface area contributed by atoms with Crippen LogP contribution < -0.4 is 10.1 Å². The molecule has 1 amide bonds. The average Bonchev–Trinajstić information content (AvgIpc) is 2.42. The van der Waals surface area contributed by atoms with E-state index in [-0.39, 0.29) is 12.4 Å². The molecule has 0 spiro atoms. The molecule has 0 aliphatic rings. The van der Waals surface area contributed by atoms with Crippen molar-refractivity contribution in [2.24, 2.45) is 0 Å². The van der Waals surface area contributed by atoms with Gasteiger partial charge in [0, 0.05) is 11.1 Å². The van der Waals surface area contributed by atoms with Gasteiger partial charge in [-0.2, -0.15) is 0 Å². The minimum absolute atomic E-state index is 0.0124. The van der Waals surface area contributed by atoms with E-state index >= 15 is 0 Å². The van der Waals surface area contributed by atoms with Gasteiger partial charge in [0.1, 0.15) is 11.5 Å². The second kappa shape index (κ2) is 6.50. The maximum absolute atomic E-state index is 11.7. The number of rotatable bonds is 4. The highest BCUT2D eigenvalue weighted by Crippen LogP contribution is 2.27. The molecule has 0 heterocycles. The lowest BCUT2D eigenvalue weighted by atomic mass is 10.3. The molecular formula is C14H11Cl2NO3. The Balaban J connectivity index is 1.96. The van der Waals surface area contributed by atoms with E-state index in [1.54, 1.807) is 30.3 Å². The highest BCUT2D eigenvalue weighted by atomic mass is 35.5. The quantitative estimate of drug-likeness (QED) is 0.846. The largest absolute Gasteiger partial charge is 0.506 e. The number of anilines is 1. The van der Waals surface area contributed by atoms with Crippen molar-refractivity contribution in [2.75, 3.05) is 11.9 Å². The summed E-state index contributed by atoms with van der Waals surface area (Å²) < 4.78 is 5.28. The molecule has 2 N–H and O–H groups in total. The molecule has 2 rings (SSSR count). The summed E-state index contributed by atoms with van der Waals surface area (Å²) in [6.07, 6.45) is 0. The van der Waals surface area contributed by atoms with Crippen molar-refractivity contribution >= 4 is 34.8 Å². The number of para-hydroxylation sites is 2. The molecule has 20 heavy (non-hydrogen) atoms. The number of ether oxygens (including phenoxy) is 1.